The van der Waals surface area contributed by atoms with E-state index in [1.54, 1.807) is 13.2 Å². The zero-order valence-corrected chi connectivity index (χ0v) is 11.0. The first kappa shape index (κ1) is 13.2. The van der Waals surface area contributed by atoms with E-state index in [4.69, 9.17) is 15.7 Å². The molecule has 98 valence electrons. The third kappa shape index (κ3) is 3.14. The van der Waals surface area contributed by atoms with Crippen molar-refractivity contribution in [3.8, 4) is 5.75 Å². The lowest BCUT2D eigenvalue weighted by Gasteiger charge is -2.06. The third-order valence-corrected chi connectivity index (χ3v) is 3.31. The first-order chi connectivity index (χ1) is 9.24. The van der Waals surface area contributed by atoms with Crippen LogP contribution in [0.5, 0.6) is 5.75 Å². The molecule has 0 bridgehead atoms. The maximum Gasteiger partial charge on any atom is 0.172 e. The number of aromatic nitrogens is 2. The number of ether oxygens (including phenoxy) is 1. The van der Waals surface area contributed by atoms with Gasteiger partial charge < -0.3 is 15.7 Å². The van der Waals surface area contributed by atoms with Gasteiger partial charge in [-0.15, -0.1) is 5.10 Å². The fourth-order valence-electron chi connectivity index (χ4n) is 1.42. The Morgan fingerprint density at radius 2 is 2.26 bits per heavy atom. The van der Waals surface area contributed by atoms with Crippen molar-refractivity contribution in [3.05, 3.63) is 42.1 Å². The van der Waals surface area contributed by atoms with Crippen molar-refractivity contribution >= 4 is 17.6 Å². The molecule has 19 heavy (non-hydrogen) atoms. The molecule has 7 heteroatoms. The molecule has 0 aliphatic rings. The number of nitrogens with two attached hydrogens (primary N) is 1. The summed E-state index contributed by atoms with van der Waals surface area (Å²) in [4.78, 5) is 0.923. The van der Waals surface area contributed by atoms with Crippen molar-refractivity contribution in [2.45, 2.75) is 9.92 Å². The van der Waals surface area contributed by atoms with Gasteiger partial charge in [-0.2, -0.15) is 5.10 Å². The minimum absolute atomic E-state index is 0.000274. The van der Waals surface area contributed by atoms with E-state index < -0.39 is 0 Å². The van der Waals surface area contributed by atoms with E-state index in [9.17, 15) is 0 Å². The minimum Gasteiger partial charge on any atom is -0.497 e. The molecule has 0 radical (unpaired) electrons. The Morgan fingerprint density at radius 1 is 1.42 bits per heavy atom. The van der Waals surface area contributed by atoms with Gasteiger partial charge in [0.1, 0.15) is 10.8 Å². The molecule has 0 saturated carbocycles. The normalized spacial score (nSPS) is 11.3. The molecule has 0 spiro atoms. The molecule has 0 aliphatic heterocycles. The predicted octanol–water partition coefficient (Wildman–Crippen LogP) is 1.73. The average molecular weight is 276 g/mol. The molecular weight excluding hydrogens is 264 g/mol. The first-order valence-corrected chi connectivity index (χ1v) is 6.17. The van der Waals surface area contributed by atoms with Gasteiger partial charge in [-0.05, 0) is 24.3 Å². The van der Waals surface area contributed by atoms with E-state index in [2.05, 4.69) is 15.4 Å². The van der Waals surface area contributed by atoms with Gasteiger partial charge in [0.15, 0.2) is 5.84 Å². The maximum atomic E-state index is 8.75. The molecule has 1 heterocycles. The van der Waals surface area contributed by atoms with Crippen LogP contribution in [0.2, 0.25) is 0 Å². The summed E-state index contributed by atoms with van der Waals surface area (Å²) in [7, 11) is 1.61. The highest BCUT2D eigenvalue weighted by Gasteiger charge is 2.10. The number of hydrogen-bond donors (Lipinski definition) is 2. The monoisotopic (exact) mass is 276 g/mol. The van der Waals surface area contributed by atoms with Crippen molar-refractivity contribution < 1.29 is 9.94 Å². The molecule has 0 atom stereocenters. The van der Waals surface area contributed by atoms with Crippen LogP contribution in [-0.2, 0) is 0 Å². The first-order valence-electron chi connectivity index (χ1n) is 5.36. The molecule has 0 aliphatic carbocycles. The summed E-state index contributed by atoms with van der Waals surface area (Å²) in [5, 5.41) is 20.1. The molecule has 0 fully saturated rings. The molecule has 6 nitrogen and oxygen atoms in total. The standard InChI is InChI=1S/C12H12N4O2S/c1-18-8-3-2-4-9(7-8)19-12-10(11(13)16-17)5-6-14-15-12/h2-7,17H,1H3,(H2,13,16). The van der Waals surface area contributed by atoms with Crippen LogP contribution in [0.25, 0.3) is 0 Å². The van der Waals surface area contributed by atoms with Gasteiger partial charge in [0.2, 0.25) is 0 Å². The van der Waals surface area contributed by atoms with Crippen LogP contribution in [0.3, 0.4) is 0 Å². The quantitative estimate of drug-likeness (QED) is 0.382. The summed E-state index contributed by atoms with van der Waals surface area (Å²) < 4.78 is 5.15. The molecule has 0 amide bonds. The molecule has 0 saturated heterocycles. The lowest BCUT2D eigenvalue weighted by atomic mass is 10.3. The molecule has 1 aromatic carbocycles. The topological polar surface area (TPSA) is 93.6 Å². The van der Waals surface area contributed by atoms with E-state index in [1.165, 1.54) is 18.0 Å². The lowest BCUT2D eigenvalue weighted by Crippen LogP contribution is -2.15. The molecule has 1 aromatic heterocycles. The van der Waals surface area contributed by atoms with Gasteiger partial charge in [-0.1, -0.05) is 23.0 Å². The van der Waals surface area contributed by atoms with Crippen LogP contribution in [0, 0.1) is 0 Å². The van der Waals surface area contributed by atoms with Crippen LogP contribution in [0.4, 0.5) is 0 Å². The zero-order chi connectivity index (χ0) is 13.7. The Hall–Kier alpha value is -2.28. The Morgan fingerprint density at radius 3 is 3.00 bits per heavy atom. The summed E-state index contributed by atoms with van der Waals surface area (Å²) >= 11 is 1.36. The number of methoxy groups -OCH3 is 1. The van der Waals surface area contributed by atoms with Gasteiger partial charge in [0.05, 0.1) is 18.9 Å². The second-order valence-electron chi connectivity index (χ2n) is 3.52. The van der Waals surface area contributed by atoms with Crippen LogP contribution < -0.4 is 10.5 Å². The number of oxime groups is 1. The third-order valence-electron chi connectivity index (χ3n) is 2.33. The summed E-state index contributed by atoms with van der Waals surface area (Å²) in [6.07, 6.45) is 1.49. The van der Waals surface area contributed by atoms with Crippen molar-refractivity contribution in [1.29, 1.82) is 0 Å². The Labute approximate surface area is 114 Å². The SMILES string of the molecule is COc1cccc(Sc2nnccc2/C(N)=N/O)c1. The van der Waals surface area contributed by atoms with Gasteiger partial charge in [0, 0.05) is 4.90 Å². The zero-order valence-electron chi connectivity index (χ0n) is 10.1. The fourth-order valence-corrected chi connectivity index (χ4v) is 2.33. The van der Waals surface area contributed by atoms with Crippen molar-refractivity contribution in [2.75, 3.05) is 7.11 Å². The van der Waals surface area contributed by atoms with Gasteiger partial charge in [0.25, 0.3) is 0 Å². The van der Waals surface area contributed by atoms with E-state index >= 15 is 0 Å². The van der Waals surface area contributed by atoms with Crippen LogP contribution in [0.1, 0.15) is 5.56 Å². The average Bonchev–Trinajstić information content (AvgIpc) is 2.47. The van der Waals surface area contributed by atoms with Crippen LogP contribution >= 0.6 is 11.8 Å². The van der Waals surface area contributed by atoms with E-state index in [0.717, 1.165) is 10.6 Å². The number of hydrogen-bond acceptors (Lipinski definition) is 6. The van der Waals surface area contributed by atoms with Crippen molar-refractivity contribution in [3.63, 3.8) is 0 Å². The molecule has 2 rings (SSSR count). The summed E-state index contributed by atoms with van der Waals surface area (Å²) in [5.74, 6) is 0.750. The number of benzene rings is 1. The Kier molecular flexibility index (Phi) is 4.19. The number of nitrogens with zero attached hydrogens (tertiary/aromatic N) is 3. The molecule has 0 unspecified atom stereocenters. The molecular formula is C12H12N4O2S. The van der Waals surface area contributed by atoms with Gasteiger partial charge in [-0.3, -0.25) is 0 Å². The Bertz CT molecular complexity index is 604. The molecule has 2 aromatic rings. The fraction of sp³-hybridized carbons (Fsp3) is 0.0833. The molecule has 3 N–H and O–H groups in total. The minimum atomic E-state index is 0.000274. The number of amidine groups is 1. The second-order valence-corrected chi connectivity index (χ2v) is 4.58. The van der Waals surface area contributed by atoms with Crippen LogP contribution in [-0.4, -0.2) is 28.4 Å². The highest BCUT2D eigenvalue weighted by molar-refractivity contribution is 7.99. The van der Waals surface area contributed by atoms with Crippen molar-refractivity contribution in [1.82, 2.24) is 10.2 Å². The predicted molar refractivity (Wildman–Crippen MR) is 71.7 cm³/mol. The van der Waals surface area contributed by atoms with Crippen LogP contribution in [0.15, 0.2) is 51.6 Å². The second kappa shape index (κ2) is 6.05. The van der Waals surface area contributed by atoms with E-state index in [1.807, 2.05) is 24.3 Å². The van der Waals surface area contributed by atoms with E-state index in [0.29, 0.717) is 10.6 Å². The number of rotatable bonds is 4. The maximum absolute atomic E-state index is 8.75. The highest BCUT2D eigenvalue weighted by atomic mass is 32.2. The van der Waals surface area contributed by atoms with Gasteiger partial charge in [-0.25, -0.2) is 0 Å². The van der Waals surface area contributed by atoms with E-state index in [-0.39, 0.29) is 5.84 Å². The van der Waals surface area contributed by atoms with Gasteiger partial charge >= 0.3 is 0 Å². The summed E-state index contributed by atoms with van der Waals surface area (Å²) in [6.45, 7) is 0. The Balaban J connectivity index is 2.33. The summed E-state index contributed by atoms with van der Waals surface area (Å²) in [5.41, 5.74) is 6.13. The highest BCUT2D eigenvalue weighted by Crippen LogP contribution is 2.30. The summed E-state index contributed by atoms with van der Waals surface area (Å²) in [6, 6.07) is 9.16. The largest absolute Gasteiger partial charge is 0.497 e. The smallest absolute Gasteiger partial charge is 0.172 e. The van der Waals surface area contributed by atoms with Crippen molar-refractivity contribution in [2.24, 2.45) is 10.9 Å². The lowest BCUT2D eigenvalue weighted by molar-refractivity contribution is 0.318.